The van der Waals surface area contributed by atoms with E-state index in [-0.39, 0.29) is 0 Å². The zero-order chi connectivity index (χ0) is 16.3. The number of aliphatic carboxylic acids is 1. The van der Waals surface area contributed by atoms with Crippen molar-refractivity contribution in [1.82, 2.24) is 0 Å². The van der Waals surface area contributed by atoms with E-state index in [4.69, 9.17) is 16.3 Å². The molecule has 0 fully saturated rings. The van der Waals surface area contributed by atoms with Gasteiger partial charge in [-0.3, -0.25) is 4.79 Å². The molecule has 22 heavy (non-hydrogen) atoms. The van der Waals surface area contributed by atoms with Crippen molar-refractivity contribution in [1.29, 1.82) is 0 Å². The summed E-state index contributed by atoms with van der Waals surface area (Å²) in [5.74, 6) is -1.04. The molecule has 2 aromatic rings. The van der Waals surface area contributed by atoms with E-state index in [2.05, 4.69) is 0 Å². The third kappa shape index (κ3) is 3.60. The van der Waals surface area contributed by atoms with Crippen LogP contribution < -0.4 is 4.74 Å². The van der Waals surface area contributed by atoms with Crippen LogP contribution in [0.25, 0.3) is 0 Å². The molecule has 4 heteroatoms. The molecule has 0 heterocycles. The number of carboxylic acids is 1. The summed E-state index contributed by atoms with van der Waals surface area (Å²) in [5.41, 5.74) is 3.82. The van der Waals surface area contributed by atoms with Crippen LogP contribution >= 0.6 is 11.6 Å². The van der Waals surface area contributed by atoms with Crippen molar-refractivity contribution >= 4 is 17.6 Å². The predicted octanol–water partition coefficient (Wildman–Crippen LogP) is 4.38. The second-order valence-corrected chi connectivity index (χ2v) is 5.85. The molecule has 1 N–H and O–H groups in total. The van der Waals surface area contributed by atoms with Crippen LogP contribution in [0.15, 0.2) is 36.4 Å². The Morgan fingerprint density at radius 3 is 2.59 bits per heavy atom. The Morgan fingerprint density at radius 2 is 1.95 bits per heavy atom. The highest BCUT2D eigenvalue weighted by molar-refractivity contribution is 6.30. The number of halogens is 1. The van der Waals surface area contributed by atoms with E-state index in [1.54, 1.807) is 18.2 Å². The molecule has 0 saturated heterocycles. The molecule has 0 saturated carbocycles. The summed E-state index contributed by atoms with van der Waals surface area (Å²) in [6.45, 7) is 3.99. The molecule has 1 unspecified atom stereocenters. The lowest BCUT2D eigenvalue weighted by molar-refractivity contribution is -0.138. The molecule has 0 aliphatic carbocycles. The first kappa shape index (κ1) is 16.4. The minimum absolute atomic E-state index is 0.402. The number of carboxylic acid groups (broad SMARTS) is 1. The van der Waals surface area contributed by atoms with E-state index >= 15 is 0 Å². The number of benzene rings is 2. The van der Waals surface area contributed by atoms with Crippen molar-refractivity contribution in [2.24, 2.45) is 0 Å². The minimum Gasteiger partial charge on any atom is -0.496 e. The molecule has 0 bridgehead atoms. The SMILES string of the molecule is COc1ccc(Cl)cc1C(Cc1cc(C)ccc1C)C(=O)O. The normalized spacial score (nSPS) is 12.0. The van der Waals surface area contributed by atoms with Crippen LogP contribution in [-0.2, 0) is 11.2 Å². The van der Waals surface area contributed by atoms with E-state index in [1.165, 1.54) is 7.11 Å². The Balaban J connectivity index is 2.45. The largest absolute Gasteiger partial charge is 0.496 e. The topological polar surface area (TPSA) is 46.5 Å². The number of hydrogen-bond donors (Lipinski definition) is 1. The second-order valence-electron chi connectivity index (χ2n) is 5.41. The van der Waals surface area contributed by atoms with Crippen LogP contribution in [0, 0.1) is 13.8 Å². The highest BCUT2D eigenvalue weighted by Crippen LogP contribution is 2.32. The fourth-order valence-corrected chi connectivity index (χ4v) is 2.73. The Bertz CT molecular complexity index is 695. The predicted molar refractivity (Wildman–Crippen MR) is 88.0 cm³/mol. The van der Waals surface area contributed by atoms with Gasteiger partial charge >= 0.3 is 5.97 Å². The van der Waals surface area contributed by atoms with Crippen molar-refractivity contribution < 1.29 is 14.6 Å². The number of hydrogen-bond acceptors (Lipinski definition) is 2. The molecule has 2 rings (SSSR count). The first-order chi connectivity index (χ1) is 10.4. The molecular weight excluding hydrogens is 300 g/mol. The summed E-state index contributed by atoms with van der Waals surface area (Å²) in [6, 6.07) is 11.1. The maximum atomic E-state index is 11.8. The number of carbonyl (C=O) groups is 1. The van der Waals surface area contributed by atoms with E-state index in [9.17, 15) is 9.90 Å². The lowest BCUT2D eigenvalue weighted by Crippen LogP contribution is -2.16. The van der Waals surface area contributed by atoms with Gasteiger partial charge in [0.2, 0.25) is 0 Å². The number of methoxy groups -OCH3 is 1. The van der Waals surface area contributed by atoms with Gasteiger partial charge in [-0.1, -0.05) is 35.4 Å². The fourth-order valence-electron chi connectivity index (χ4n) is 2.55. The van der Waals surface area contributed by atoms with Crippen molar-refractivity contribution in [3.63, 3.8) is 0 Å². The lowest BCUT2D eigenvalue weighted by atomic mass is 9.89. The summed E-state index contributed by atoms with van der Waals surface area (Å²) in [4.78, 5) is 11.8. The maximum Gasteiger partial charge on any atom is 0.311 e. The Kier molecular flexibility index (Phi) is 5.09. The molecule has 0 aromatic heterocycles. The smallest absolute Gasteiger partial charge is 0.311 e. The lowest BCUT2D eigenvalue weighted by Gasteiger charge is -2.18. The summed E-state index contributed by atoms with van der Waals surface area (Å²) >= 11 is 6.03. The Morgan fingerprint density at radius 1 is 1.23 bits per heavy atom. The van der Waals surface area contributed by atoms with Gasteiger partial charge < -0.3 is 9.84 Å². The Labute approximate surface area is 135 Å². The highest BCUT2D eigenvalue weighted by Gasteiger charge is 2.25. The summed E-state index contributed by atoms with van der Waals surface area (Å²) in [5, 5.41) is 10.2. The van der Waals surface area contributed by atoms with Crippen LogP contribution in [-0.4, -0.2) is 18.2 Å². The molecule has 2 aromatic carbocycles. The van der Waals surface area contributed by atoms with E-state index < -0.39 is 11.9 Å². The first-order valence-corrected chi connectivity index (χ1v) is 7.42. The monoisotopic (exact) mass is 318 g/mol. The van der Waals surface area contributed by atoms with Crippen molar-refractivity contribution in [2.75, 3.05) is 7.11 Å². The third-order valence-corrected chi connectivity index (χ3v) is 4.03. The van der Waals surface area contributed by atoms with Gasteiger partial charge in [-0.2, -0.15) is 0 Å². The fraction of sp³-hybridized carbons (Fsp3) is 0.278. The maximum absolute atomic E-state index is 11.8. The molecule has 0 amide bonds. The van der Waals surface area contributed by atoms with Gasteiger partial charge in [-0.15, -0.1) is 0 Å². The second kappa shape index (κ2) is 6.84. The van der Waals surface area contributed by atoms with Gasteiger partial charge in [0, 0.05) is 10.6 Å². The summed E-state index contributed by atoms with van der Waals surface area (Å²) < 4.78 is 5.30. The average molecular weight is 319 g/mol. The molecule has 1 atom stereocenters. The van der Waals surface area contributed by atoms with Gasteiger partial charge in [0.1, 0.15) is 5.75 Å². The minimum atomic E-state index is -0.888. The summed E-state index contributed by atoms with van der Waals surface area (Å²) in [6.07, 6.45) is 0.402. The molecule has 116 valence electrons. The molecule has 0 aliphatic rings. The van der Waals surface area contributed by atoms with Crippen molar-refractivity contribution in [3.8, 4) is 5.75 Å². The molecule has 0 spiro atoms. The van der Waals surface area contributed by atoms with Crippen LogP contribution in [0.5, 0.6) is 5.75 Å². The average Bonchev–Trinajstić information content (AvgIpc) is 2.47. The van der Waals surface area contributed by atoms with Gasteiger partial charge in [0.25, 0.3) is 0 Å². The molecule has 3 nitrogen and oxygen atoms in total. The standard InChI is InChI=1S/C18H19ClO3/c1-11-4-5-12(2)13(8-11)9-16(18(20)21)15-10-14(19)6-7-17(15)22-3/h4-8,10,16H,9H2,1-3H3,(H,20,21). The van der Waals surface area contributed by atoms with Crippen LogP contribution in [0.1, 0.15) is 28.2 Å². The van der Waals surface area contributed by atoms with Gasteiger partial charge in [0.05, 0.1) is 13.0 Å². The van der Waals surface area contributed by atoms with Crippen LogP contribution in [0.4, 0.5) is 0 Å². The van der Waals surface area contributed by atoms with Crippen LogP contribution in [0.2, 0.25) is 5.02 Å². The molecular formula is C18H19ClO3. The quantitative estimate of drug-likeness (QED) is 0.890. The van der Waals surface area contributed by atoms with Gasteiger partial charge in [-0.05, 0) is 49.6 Å². The number of rotatable bonds is 5. The summed E-state index contributed by atoms with van der Waals surface area (Å²) in [7, 11) is 1.53. The van der Waals surface area contributed by atoms with E-state index in [1.807, 2.05) is 32.0 Å². The van der Waals surface area contributed by atoms with Crippen LogP contribution in [0.3, 0.4) is 0 Å². The number of aryl methyl sites for hydroxylation is 2. The zero-order valence-corrected chi connectivity index (χ0v) is 13.6. The van der Waals surface area contributed by atoms with E-state index in [0.717, 1.165) is 16.7 Å². The third-order valence-electron chi connectivity index (χ3n) is 3.79. The molecule has 0 aliphatic heterocycles. The van der Waals surface area contributed by atoms with Gasteiger partial charge in [-0.25, -0.2) is 0 Å². The highest BCUT2D eigenvalue weighted by atomic mass is 35.5. The molecule has 0 radical (unpaired) electrons. The number of ether oxygens (including phenoxy) is 1. The zero-order valence-electron chi connectivity index (χ0n) is 12.9. The first-order valence-electron chi connectivity index (χ1n) is 7.04. The Hall–Kier alpha value is -2.00. The van der Waals surface area contributed by atoms with Crippen molar-refractivity contribution in [3.05, 3.63) is 63.7 Å². The van der Waals surface area contributed by atoms with Gasteiger partial charge in [0.15, 0.2) is 0 Å². The van der Waals surface area contributed by atoms with E-state index in [0.29, 0.717) is 22.8 Å². The van der Waals surface area contributed by atoms with Crippen molar-refractivity contribution in [2.45, 2.75) is 26.2 Å².